The van der Waals surface area contributed by atoms with Gasteiger partial charge in [-0.3, -0.25) is 9.36 Å². The van der Waals surface area contributed by atoms with E-state index >= 15 is 0 Å². The molecule has 34 heavy (non-hydrogen) atoms. The Morgan fingerprint density at radius 2 is 1.91 bits per heavy atom. The summed E-state index contributed by atoms with van der Waals surface area (Å²) in [5, 5.41) is 3.79. The largest absolute Gasteiger partial charge is 0.373 e. The number of hydrogen-bond donors (Lipinski definition) is 2. The van der Waals surface area contributed by atoms with Crippen molar-refractivity contribution in [2.45, 2.75) is 6.92 Å². The molecular weight excluding hydrogens is 433 g/mol. The standard InChI is InChI=1S/C25H28FN7O/c1-16-13-17(9-10-21(16)32(4)12-11-31(2)3)29-25-28-14-20(26)24(30-25)33-15-19(23(27)34)18-7-5-6-8-22(18)33/h5-10,13-15H,11-12H2,1-4H3,(H2,27,34)(H,28,29,30). The lowest BCUT2D eigenvalue weighted by atomic mass is 10.1. The number of hydrogen-bond acceptors (Lipinski definition) is 6. The number of nitrogens with two attached hydrogens (primary N) is 1. The van der Waals surface area contributed by atoms with Crippen LogP contribution in [-0.4, -0.2) is 59.6 Å². The van der Waals surface area contributed by atoms with Crippen molar-refractivity contribution in [2.75, 3.05) is 44.4 Å². The van der Waals surface area contributed by atoms with Crippen molar-refractivity contribution in [3.8, 4) is 5.82 Å². The van der Waals surface area contributed by atoms with Gasteiger partial charge in [-0.1, -0.05) is 18.2 Å². The highest BCUT2D eigenvalue weighted by Gasteiger charge is 2.17. The van der Waals surface area contributed by atoms with E-state index in [4.69, 9.17) is 5.73 Å². The molecule has 0 fully saturated rings. The van der Waals surface area contributed by atoms with Crippen LogP contribution in [0.25, 0.3) is 16.7 Å². The highest BCUT2D eigenvalue weighted by molar-refractivity contribution is 6.06. The van der Waals surface area contributed by atoms with Crippen molar-refractivity contribution in [1.82, 2.24) is 19.4 Å². The summed E-state index contributed by atoms with van der Waals surface area (Å²) in [6.07, 6.45) is 2.62. The molecule has 9 heteroatoms. The molecule has 0 spiro atoms. The second-order valence-corrected chi connectivity index (χ2v) is 8.51. The van der Waals surface area contributed by atoms with Crippen molar-refractivity contribution < 1.29 is 9.18 Å². The summed E-state index contributed by atoms with van der Waals surface area (Å²) in [4.78, 5) is 24.7. The SMILES string of the molecule is Cc1cc(Nc2ncc(F)c(-n3cc(C(N)=O)c4ccccc43)n2)ccc1N(C)CCN(C)C. The van der Waals surface area contributed by atoms with E-state index in [1.165, 1.54) is 10.8 Å². The molecule has 2 aromatic heterocycles. The number of para-hydroxylation sites is 1. The van der Waals surface area contributed by atoms with E-state index in [2.05, 4.69) is 46.2 Å². The first-order valence-corrected chi connectivity index (χ1v) is 10.9. The Kier molecular flexibility index (Phi) is 6.47. The molecule has 2 aromatic carbocycles. The molecule has 0 saturated carbocycles. The summed E-state index contributed by atoms with van der Waals surface area (Å²) in [7, 11) is 6.17. The van der Waals surface area contributed by atoms with Gasteiger partial charge in [0.25, 0.3) is 5.91 Å². The van der Waals surface area contributed by atoms with Crippen molar-refractivity contribution in [3.63, 3.8) is 0 Å². The summed E-state index contributed by atoms with van der Waals surface area (Å²) in [6, 6.07) is 13.1. The zero-order valence-corrected chi connectivity index (χ0v) is 19.7. The van der Waals surface area contributed by atoms with Gasteiger partial charge in [0.15, 0.2) is 11.6 Å². The molecule has 176 valence electrons. The summed E-state index contributed by atoms with van der Waals surface area (Å²) in [5.74, 6) is -0.939. The monoisotopic (exact) mass is 461 g/mol. The van der Waals surface area contributed by atoms with Gasteiger partial charge in [-0.15, -0.1) is 0 Å². The van der Waals surface area contributed by atoms with Crippen LogP contribution in [0.15, 0.2) is 54.9 Å². The van der Waals surface area contributed by atoms with Crippen LogP contribution in [-0.2, 0) is 0 Å². The van der Waals surface area contributed by atoms with Crippen LogP contribution in [0, 0.1) is 12.7 Å². The van der Waals surface area contributed by atoms with Gasteiger partial charge in [0, 0.05) is 43.1 Å². The van der Waals surface area contributed by atoms with E-state index in [-0.39, 0.29) is 11.8 Å². The molecule has 8 nitrogen and oxygen atoms in total. The summed E-state index contributed by atoms with van der Waals surface area (Å²) in [5.41, 5.74) is 9.46. The molecule has 3 N–H and O–H groups in total. The van der Waals surface area contributed by atoms with Crippen LogP contribution in [0.1, 0.15) is 15.9 Å². The number of primary amides is 1. The maximum Gasteiger partial charge on any atom is 0.250 e. The van der Waals surface area contributed by atoms with E-state index in [1.54, 1.807) is 18.2 Å². The number of benzene rings is 2. The van der Waals surface area contributed by atoms with Gasteiger partial charge in [0.1, 0.15) is 0 Å². The predicted octanol–water partition coefficient (Wildman–Crippen LogP) is 3.71. The average Bonchev–Trinajstić information content (AvgIpc) is 3.19. The van der Waals surface area contributed by atoms with E-state index in [0.717, 1.165) is 36.2 Å². The third-order valence-corrected chi connectivity index (χ3v) is 5.68. The topological polar surface area (TPSA) is 92.3 Å². The first kappa shape index (κ1) is 23.2. The molecule has 0 aliphatic rings. The number of rotatable bonds is 8. The molecule has 0 unspecified atom stereocenters. The third kappa shape index (κ3) is 4.69. The van der Waals surface area contributed by atoms with Gasteiger partial charge in [-0.2, -0.15) is 4.98 Å². The minimum Gasteiger partial charge on any atom is -0.373 e. The van der Waals surface area contributed by atoms with Crippen LogP contribution < -0.4 is 16.0 Å². The van der Waals surface area contributed by atoms with Crippen LogP contribution in [0.5, 0.6) is 0 Å². The van der Waals surface area contributed by atoms with E-state index in [0.29, 0.717) is 16.5 Å². The highest BCUT2D eigenvalue weighted by Crippen LogP contribution is 2.27. The number of aromatic nitrogens is 3. The Labute approximate surface area is 197 Å². The Morgan fingerprint density at radius 1 is 1.15 bits per heavy atom. The highest BCUT2D eigenvalue weighted by atomic mass is 19.1. The lowest BCUT2D eigenvalue weighted by Gasteiger charge is -2.23. The van der Waals surface area contributed by atoms with Gasteiger partial charge in [0.05, 0.1) is 17.3 Å². The fourth-order valence-electron chi connectivity index (χ4n) is 3.90. The normalized spacial score (nSPS) is 11.2. The van der Waals surface area contributed by atoms with Crippen LogP contribution in [0.3, 0.4) is 0 Å². The number of aryl methyl sites for hydroxylation is 1. The Bertz CT molecular complexity index is 1350. The number of nitrogens with zero attached hydrogens (tertiary/aromatic N) is 5. The maximum atomic E-state index is 14.8. The van der Waals surface area contributed by atoms with Crippen LogP contribution in [0.4, 0.5) is 21.7 Å². The first-order chi connectivity index (χ1) is 16.2. The molecule has 2 heterocycles. The molecule has 1 amide bonds. The molecule has 0 radical (unpaired) electrons. The van der Waals surface area contributed by atoms with E-state index < -0.39 is 11.7 Å². The van der Waals surface area contributed by atoms with Gasteiger partial charge in [-0.05, 0) is 50.8 Å². The lowest BCUT2D eigenvalue weighted by Crippen LogP contribution is -2.28. The molecule has 4 aromatic rings. The molecule has 4 rings (SSSR count). The fourth-order valence-corrected chi connectivity index (χ4v) is 3.90. The van der Waals surface area contributed by atoms with Crippen LogP contribution in [0.2, 0.25) is 0 Å². The fraction of sp³-hybridized carbons (Fsp3) is 0.240. The van der Waals surface area contributed by atoms with Gasteiger partial charge in [-0.25, -0.2) is 9.37 Å². The Hall–Kier alpha value is -3.98. The summed E-state index contributed by atoms with van der Waals surface area (Å²) < 4.78 is 16.3. The van der Waals surface area contributed by atoms with Crippen molar-refractivity contribution in [2.24, 2.45) is 5.73 Å². The number of amides is 1. The number of nitrogens with one attached hydrogen (secondary N) is 1. The predicted molar refractivity (Wildman–Crippen MR) is 134 cm³/mol. The Balaban J connectivity index is 1.64. The molecule has 0 atom stereocenters. The number of likely N-dealkylation sites (N-methyl/N-ethyl adjacent to an activating group) is 2. The van der Waals surface area contributed by atoms with Gasteiger partial charge in [0.2, 0.25) is 5.95 Å². The Morgan fingerprint density at radius 3 is 2.62 bits per heavy atom. The minimum absolute atomic E-state index is 0.0259. The zero-order chi connectivity index (χ0) is 24.4. The lowest BCUT2D eigenvalue weighted by molar-refractivity contribution is 0.100. The second kappa shape index (κ2) is 9.48. The third-order valence-electron chi connectivity index (χ3n) is 5.68. The molecular formula is C25H28FN7O. The summed E-state index contributed by atoms with van der Waals surface area (Å²) in [6.45, 7) is 3.90. The van der Waals surface area contributed by atoms with E-state index in [1.807, 2.05) is 31.2 Å². The number of fused-ring (bicyclic) bond motifs is 1. The second-order valence-electron chi connectivity index (χ2n) is 8.51. The van der Waals surface area contributed by atoms with Crippen molar-refractivity contribution >= 4 is 34.1 Å². The minimum atomic E-state index is -0.614. The van der Waals surface area contributed by atoms with E-state index in [9.17, 15) is 9.18 Å². The van der Waals surface area contributed by atoms with Gasteiger partial charge >= 0.3 is 0 Å². The molecule has 0 aliphatic heterocycles. The smallest absolute Gasteiger partial charge is 0.250 e. The molecule has 0 aliphatic carbocycles. The number of carbonyl (C=O) groups is 1. The first-order valence-electron chi connectivity index (χ1n) is 10.9. The van der Waals surface area contributed by atoms with Gasteiger partial charge < -0.3 is 20.9 Å². The van der Waals surface area contributed by atoms with Crippen molar-refractivity contribution in [1.29, 1.82) is 0 Å². The number of carbonyl (C=O) groups excluding carboxylic acids is 1. The van der Waals surface area contributed by atoms with Crippen LogP contribution >= 0.6 is 0 Å². The average molecular weight is 462 g/mol. The number of anilines is 3. The number of halogens is 1. The summed E-state index contributed by atoms with van der Waals surface area (Å²) >= 11 is 0. The van der Waals surface area contributed by atoms with Crippen molar-refractivity contribution in [3.05, 3.63) is 71.8 Å². The zero-order valence-electron chi connectivity index (χ0n) is 19.7. The molecule has 0 saturated heterocycles. The maximum absolute atomic E-state index is 14.8. The molecule has 0 bridgehead atoms. The quantitative estimate of drug-likeness (QED) is 0.416.